The van der Waals surface area contributed by atoms with Gasteiger partial charge in [-0.1, -0.05) is 90.4 Å². The number of amides is 3. The molecule has 6 nitrogen and oxygen atoms in total. The van der Waals surface area contributed by atoms with Gasteiger partial charge < -0.3 is 15.0 Å². The lowest BCUT2D eigenvalue weighted by atomic mass is 10.0. The zero-order chi connectivity index (χ0) is 21.6. The molecule has 0 saturated carbocycles. The first-order valence-corrected chi connectivity index (χ1v) is 11.9. The van der Waals surface area contributed by atoms with Crippen molar-refractivity contribution >= 4 is 24.5 Å². The van der Waals surface area contributed by atoms with E-state index in [-0.39, 0.29) is 12.4 Å². The first-order valence-electron chi connectivity index (χ1n) is 11.9. The van der Waals surface area contributed by atoms with Crippen LogP contribution in [0.25, 0.3) is 0 Å². The Morgan fingerprint density at radius 3 is 1.67 bits per heavy atom. The van der Waals surface area contributed by atoms with Gasteiger partial charge in [0.1, 0.15) is 0 Å². The minimum absolute atomic E-state index is 0. The monoisotopic (exact) mass is 449 g/mol. The molecule has 2 N–H and O–H groups in total. The summed E-state index contributed by atoms with van der Waals surface area (Å²) >= 11 is 0. The van der Waals surface area contributed by atoms with Gasteiger partial charge in [0.2, 0.25) is 0 Å². The van der Waals surface area contributed by atoms with Crippen LogP contribution in [0.15, 0.2) is 0 Å². The van der Waals surface area contributed by atoms with Gasteiger partial charge in [0.25, 0.3) is 0 Å². The van der Waals surface area contributed by atoms with Gasteiger partial charge in [-0.25, -0.2) is 14.9 Å². The molecule has 0 saturated heterocycles. The van der Waals surface area contributed by atoms with Gasteiger partial charge in [0, 0.05) is 6.54 Å². The Bertz CT molecular complexity index is 396. The van der Waals surface area contributed by atoms with E-state index in [2.05, 4.69) is 17.6 Å². The number of ether oxygens (including phenoxy) is 1. The Kier molecular flexibility index (Phi) is 25.2. The van der Waals surface area contributed by atoms with Crippen molar-refractivity contribution in [2.24, 2.45) is 0 Å². The largest absolute Gasteiger partial charge is 0.449 e. The maximum atomic E-state index is 11.5. The summed E-state index contributed by atoms with van der Waals surface area (Å²) in [6.07, 6.45) is 18.3. The topological polar surface area (TPSA) is 70.7 Å². The molecular formula is C23H48ClN3O3. The van der Waals surface area contributed by atoms with Crippen molar-refractivity contribution in [3.8, 4) is 0 Å². The molecule has 30 heavy (non-hydrogen) atoms. The third kappa shape index (κ3) is 25.0. The number of carbonyl (C=O) groups is 2. The summed E-state index contributed by atoms with van der Waals surface area (Å²) < 4.78 is 5.05. The summed E-state index contributed by atoms with van der Waals surface area (Å²) in [5, 5.41) is 4.84. The fraction of sp³-hybridized carbons (Fsp3) is 0.913. The van der Waals surface area contributed by atoms with Gasteiger partial charge >= 0.3 is 12.1 Å². The molecule has 3 amide bonds. The number of halogens is 1. The van der Waals surface area contributed by atoms with E-state index in [9.17, 15) is 9.59 Å². The summed E-state index contributed by atoms with van der Waals surface area (Å²) in [7, 11) is 3.96. The van der Waals surface area contributed by atoms with Crippen LogP contribution < -0.4 is 10.6 Å². The van der Waals surface area contributed by atoms with Gasteiger partial charge in [-0.05, 0) is 33.5 Å². The lowest BCUT2D eigenvalue weighted by Gasteiger charge is -2.10. The molecule has 0 heterocycles. The molecule has 7 heteroatoms. The number of rotatable bonds is 19. The normalized spacial score (nSPS) is 10.5. The lowest BCUT2D eigenvalue weighted by Crippen LogP contribution is -2.40. The van der Waals surface area contributed by atoms with Crippen LogP contribution in [0.5, 0.6) is 0 Å². The van der Waals surface area contributed by atoms with Crippen molar-refractivity contribution < 1.29 is 14.3 Å². The number of carbonyl (C=O) groups excluding carboxylic acids is 2. The molecule has 180 valence electrons. The lowest BCUT2D eigenvalue weighted by molar-refractivity contribution is 0.144. The number of hydrogen-bond acceptors (Lipinski definition) is 4. The van der Waals surface area contributed by atoms with Gasteiger partial charge in [0.05, 0.1) is 6.61 Å². The molecule has 0 atom stereocenters. The zero-order valence-electron chi connectivity index (χ0n) is 19.8. The summed E-state index contributed by atoms with van der Waals surface area (Å²) in [5.41, 5.74) is 0. The van der Waals surface area contributed by atoms with Crippen molar-refractivity contribution in [2.45, 2.75) is 103 Å². The molecule has 0 aliphatic heterocycles. The van der Waals surface area contributed by atoms with E-state index in [1.165, 1.54) is 77.0 Å². The SMILES string of the molecule is CCCCCCCCCCCCCCCCOC(=O)NC(=O)NCCCN(C)C.Cl. The fourth-order valence-electron chi connectivity index (χ4n) is 3.23. The van der Waals surface area contributed by atoms with Crippen LogP contribution in [0, 0.1) is 0 Å². The van der Waals surface area contributed by atoms with E-state index in [0.717, 1.165) is 25.8 Å². The number of imide groups is 1. The number of nitrogens with zero attached hydrogens (tertiary/aromatic N) is 1. The van der Waals surface area contributed by atoms with Crippen molar-refractivity contribution in [2.75, 3.05) is 33.8 Å². The molecule has 0 bridgehead atoms. The van der Waals surface area contributed by atoms with E-state index in [4.69, 9.17) is 4.74 Å². The smallest absolute Gasteiger partial charge is 0.415 e. The molecule has 0 spiro atoms. The minimum atomic E-state index is -0.662. The van der Waals surface area contributed by atoms with Gasteiger partial charge in [0.15, 0.2) is 0 Å². The minimum Gasteiger partial charge on any atom is -0.449 e. The molecule has 0 unspecified atom stereocenters. The second kappa shape index (κ2) is 24.3. The Balaban J connectivity index is 0. The van der Waals surface area contributed by atoms with Crippen LogP contribution in [-0.4, -0.2) is 50.8 Å². The van der Waals surface area contributed by atoms with Crippen molar-refractivity contribution in [3.05, 3.63) is 0 Å². The van der Waals surface area contributed by atoms with E-state index < -0.39 is 12.1 Å². The zero-order valence-corrected chi connectivity index (χ0v) is 20.6. The van der Waals surface area contributed by atoms with Crippen LogP contribution in [0.4, 0.5) is 9.59 Å². The summed E-state index contributed by atoms with van der Waals surface area (Å²) in [6.45, 7) is 4.07. The van der Waals surface area contributed by atoms with E-state index >= 15 is 0 Å². The van der Waals surface area contributed by atoms with Crippen LogP contribution in [-0.2, 0) is 4.74 Å². The number of urea groups is 1. The first kappa shape index (κ1) is 31.2. The van der Waals surface area contributed by atoms with Crippen LogP contribution >= 0.6 is 12.4 Å². The molecule has 0 aliphatic rings. The second-order valence-corrected chi connectivity index (χ2v) is 8.27. The highest BCUT2D eigenvalue weighted by molar-refractivity contribution is 5.90. The summed E-state index contributed by atoms with van der Waals surface area (Å²) in [4.78, 5) is 25.1. The highest BCUT2D eigenvalue weighted by Crippen LogP contribution is 2.12. The van der Waals surface area contributed by atoms with Crippen molar-refractivity contribution in [1.82, 2.24) is 15.5 Å². The predicted molar refractivity (Wildman–Crippen MR) is 129 cm³/mol. The number of unbranched alkanes of at least 4 members (excludes halogenated alkanes) is 13. The molecule has 0 fully saturated rings. The van der Waals surface area contributed by atoms with Crippen molar-refractivity contribution in [3.63, 3.8) is 0 Å². The average molecular weight is 450 g/mol. The molecular weight excluding hydrogens is 402 g/mol. The van der Waals surface area contributed by atoms with Crippen LogP contribution in [0.3, 0.4) is 0 Å². The summed E-state index contributed by atoms with van der Waals surface area (Å²) in [6, 6.07) is -0.491. The summed E-state index contributed by atoms with van der Waals surface area (Å²) in [5.74, 6) is 0. The Labute approximate surface area is 191 Å². The van der Waals surface area contributed by atoms with Gasteiger partial charge in [-0.2, -0.15) is 0 Å². The first-order chi connectivity index (χ1) is 14.1. The molecule has 0 aromatic carbocycles. The van der Waals surface area contributed by atoms with E-state index in [1.54, 1.807) is 0 Å². The molecule has 0 radical (unpaired) electrons. The Morgan fingerprint density at radius 1 is 0.733 bits per heavy atom. The number of nitrogens with one attached hydrogen (secondary N) is 2. The Hall–Kier alpha value is -1.01. The van der Waals surface area contributed by atoms with Crippen molar-refractivity contribution in [1.29, 1.82) is 0 Å². The quantitative estimate of drug-likeness (QED) is 0.228. The molecule has 0 aromatic rings. The molecule has 0 aliphatic carbocycles. The predicted octanol–water partition coefficient (Wildman–Crippen LogP) is 6.28. The Morgan fingerprint density at radius 2 is 1.20 bits per heavy atom. The maximum Gasteiger partial charge on any atom is 0.415 e. The molecule has 0 rings (SSSR count). The van der Waals surface area contributed by atoms with E-state index in [0.29, 0.717) is 13.2 Å². The highest BCUT2D eigenvalue weighted by Gasteiger charge is 2.07. The second-order valence-electron chi connectivity index (χ2n) is 8.27. The number of alkyl carbamates (subject to hydrolysis) is 1. The third-order valence-electron chi connectivity index (χ3n) is 5.01. The average Bonchev–Trinajstić information content (AvgIpc) is 2.68. The highest BCUT2D eigenvalue weighted by atomic mass is 35.5. The van der Waals surface area contributed by atoms with Crippen LogP contribution in [0.1, 0.15) is 103 Å². The third-order valence-corrected chi connectivity index (χ3v) is 5.01. The standard InChI is InChI=1S/C23H47N3O3.ClH/c1-4-5-6-7-8-9-10-11-12-13-14-15-16-17-21-29-23(28)25-22(27)24-19-18-20-26(2)3;/h4-21H2,1-3H3,(H2,24,25,27,28);1H. The number of hydrogen-bond donors (Lipinski definition) is 2. The van der Waals surface area contributed by atoms with E-state index in [1.807, 2.05) is 19.0 Å². The van der Waals surface area contributed by atoms with Gasteiger partial charge in [-0.3, -0.25) is 0 Å². The maximum absolute atomic E-state index is 11.5. The van der Waals surface area contributed by atoms with Crippen LogP contribution in [0.2, 0.25) is 0 Å². The van der Waals surface area contributed by atoms with Gasteiger partial charge in [-0.15, -0.1) is 12.4 Å². The fourth-order valence-corrected chi connectivity index (χ4v) is 3.23. The molecule has 0 aromatic heterocycles.